The quantitative estimate of drug-likeness (QED) is 0.666. The topological polar surface area (TPSA) is 105 Å². The van der Waals surface area contributed by atoms with E-state index in [9.17, 15) is 19.7 Å². The average molecular weight is 336 g/mol. The molecule has 1 fully saturated rings. The molecule has 1 heterocycles. The summed E-state index contributed by atoms with van der Waals surface area (Å²) in [7, 11) is 3.19. The largest absolute Gasteiger partial charge is 0.326 e. The number of amidine groups is 1. The van der Waals surface area contributed by atoms with Crippen molar-refractivity contribution in [3.63, 3.8) is 0 Å². The van der Waals surface area contributed by atoms with Gasteiger partial charge in [0.15, 0.2) is 5.17 Å². The van der Waals surface area contributed by atoms with Crippen LogP contribution in [0.3, 0.4) is 0 Å². The molecule has 2 amide bonds. The fourth-order valence-electron chi connectivity index (χ4n) is 2.16. The van der Waals surface area contributed by atoms with Crippen LogP contribution in [-0.4, -0.2) is 46.2 Å². The van der Waals surface area contributed by atoms with Crippen LogP contribution in [0.15, 0.2) is 23.2 Å². The average Bonchev–Trinajstić information content (AvgIpc) is 2.76. The molecule has 2 rings (SSSR count). The number of thioether (sulfide) groups is 1. The van der Waals surface area contributed by atoms with Crippen LogP contribution >= 0.6 is 11.8 Å². The van der Waals surface area contributed by atoms with Crippen LogP contribution in [-0.2, 0) is 9.59 Å². The molecule has 9 heteroatoms. The lowest BCUT2D eigenvalue weighted by atomic mass is 10.2. The molecule has 1 aromatic rings. The number of hydrogen-bond acceptors (Lipinski definition) is 6. The highest BCUT2D eigenvalue weighted by atomic mass is 32.2. The molecule has 1 aliphatic rings. The zero-order valence-electron chi connectivity index (χ0n) is 12.9. The molecule has 122 valence electrons. The summed E-state index contributed by atoms with van der Waals surface area (Å²) in [6.45, 7) is 1.62. The van der Waals surface area contributed by atoms with Crippen LogP contribution in [0.2, 0.25) is 0 Å². The van der Waals surface area contributed by atoms with Crippen LogP contribution in [0.4, 0.5) is 11.4 Å². The Labute approximate surface area is 137 Å². The van der Waals surface area contributed by atoms with Gasteiger partial charge in [0.1, 0.15) is 5.25 Å². The molecule has 1 N–H and O–H groups in total. The van der Waals surface area contributed by atoms with E-state index < -0.39 is 10.2 Å². The number of nitrogens with one attached hydrogen (secondary N) is 1. The van der Waals surface area contributed by atoms with Crippen LogP contribution < -0.4 is 5.32 Å². The van der Waals surface area contributed by atoms with Crippen molar-refractivity contribution in [3.8, 4) is 0 Å². The third-order valence-electron chi connectivity index (χ3n) is 3.39. The standard InChI is InChI=1S/C14H16N4O4S/c1-8-4-5-9(6-10(8)18(21)22)16-12(19)7-11-13(20)17(3)14(15-2)23-11/h4-6,11H,7H2,1-3H3,(H,16,19)/t11-/m1/s1. The molecule has 1 saturated heterocycles. The number of amides is 2. The van der Waals surface area contributed by atoms with Crippen molar-refractivity contribution < 1.29 is 14.5 Å². The fraction of sp³-hybridized carbons (Fsp3) is 0.357. The lowest BCUT2D eigenvalue weighted by molar-refractivity contribution is -0.385. The van der Waals surface area contributed by atoms with Gasteiger partial charge in [-0.1, -0.05) is 17.8 Å². The van der Waals surface area contributed by atoms with Gasteiger partial charge in [-0.15, -0.1) is 0 Å². The summed E-state index contributed by atoms with van der Waals surface area (Å²) in [5.41, 5.74) is 0.787. The van der Waals surface area contributed by atoms with Crippen molar-refractivity contribution in [1.29, 1.82) is 0 Å². The molecular weight excluding hydrogens is 320 g/mol. The number of nitrogens with zero attached hydrogens (tertiary/aromatic N) is 3. The second-order valence-electron chi connectivity index (χ2n) is 5.02. The molecular formula is C14H16N4O4S. The molecule has 23 heavy (non-hydrogen) atoms. The van der Waals surface area contributed by atoms with Crippen LogP contribution in [0.1, 0.15) is 12.0 Å². The number of aliphatic imine (C=N–C) groups is 1. The van der Waals surface area contributed by atoms with Crippen molar-refractivity contribution in [2.45, 2.75) is 18.6 Å². The number of aryl methyl sites for hydroxylation is 1. The van der Waals surface area contributed by atoms with E-state index in [4.69, 9.17) is 0 Å². The van der Waals surface area contributed by atoms with Gasteiger partial charge in [0.25, 0.3) is 5.69 Å². The minimum atomic E-state index is -0.529. The van der Waals surface area contributed by atoms with Gasteiger partial charge >= 0.3 is 0 Å². The predicted octanol–water partition coefficient (Wildman–Crippen LogP) is 1.79. The van der Waals surface area contributed by atoms with E-state index >= 15 is 0 Å². The third-order valence-corrected chi connectivity index (χ3v) is 4.71. The lowest BCUT2D eigenvalue weighted by Crippen LogP contribution is -2.30. The number of carbonyl (C=O) groups excluding carboxylic acids is 2. The second kappa shape index (κ2) is 6.78. The normalized spacial score (nSPS) is 19.3. The highest BCUT2D eigenvalue weighted by Gasteiger charge is 2.36. The minimum Gasteiger partial charge on any atom is -0.326 e. The molecule has 0 aromatic heterocycles. The number of anilines is 1. The van der Waals surface area contributed by atoms with Gasteiger partial charge < -0.3 is 5.32 Å². The highest BCUT2D eigenvalue weighted by molar-refractivity contribution is 8.15. The molecule has 0 radical (unpaired) electrons. The van der Waals surface area contributed by atoms with Gasteiger partial charge in [0, 0.05) is 37.8 Å². The van der Waals surface area contributed by atoms with E-state index in [1.54, 1.807) is 33.2 Å². The summed E-state index contributed by atoms with van der Waals surface area (Å²) >= 11 is 1.23. The molecule has 0 saturated carbocycles. The summed E-state index contributed by atoms with van der Waals surface area (Å²) in [6.07, 6.45) is -0.0193. The number of nitro groups is 1. The summed E-state index contributed by atoms with van der Waals surface area (Å²) in [4.78, 5) is 39.9. The van der Waals surface area contributed by atoms with Crippen LogP contribution in [0.25, 0.3) is 0 Å². The van der Waals surface area contributed by atoms with E-state index in [0.29, 0.717) is 16.4 Å². The van der Waals surface area contributed by atoms with Crippen LogP contribution in [0.5, 0.6) is 0 Å². The third kappa shape index (κ3) is 3.67. The number of carbonyl (C=O) groups is 2. The number of nitro benzene ring substituents is 1. The lowest BCUT2D eigenvalue weighted by Gasteiger charge is -2.09. The highest BCUT2D eigenvalue weighted by Crippen LogP contribution is 2.29. The molecule has 0 bridgehead atoms. The Balaban J connectivity index is 2.05. The van der Waals surface area contributed by atoms with Gasteiger partial charge in [-0.2, -0.15) is 0 Å². The van der Waals surface area contributed by atoms with Crippen molar-refractivity contribution >= 4 is 40.1 Å². The Bertz CT molecular complexity index is 704. The first-order valence-electron chi connectivity index (χ1n) is 6.79. The van der Waals surface area contributed by atoms with Crippen molar-refractivity contribution in [3.05, 3.63) is 33.9 Å². The molecule has 8 nitrogen and oxygen atoms in total. The number of rotatable bonds is 4. The van der Waals surface area contributed by atoms with Crippen LogP contribution in [0, 0.1) is 17.0 Å². The van der Waals surface area contributed by atoms with Crippen molar-refractivity contribution in [2.75, 3.05) is 19.4 Å². The first-order chi connectivity index (χ1) is 10.8. The Morgan fingerprint density at radius 2 is 2.22 bits per heavy atom. The SMILES string of the molecule is CN=C1S[C@H](CC(=O)Nc2ccc(C)c([N+](=O)[O-])c2)C(=O)N1C. The Morgan fingerprint density at radius 3 is 2.78 bits per heavy atom. The maximum absolute atomic E-state index is 12.1. The van der Waals surface area contributed by atoms with E-state index in [-0.39, 0.29) is 23.9 Å². The summed E-state index contributed by atoms with van der Waals surface area (Å²) < 4.78 is 0. The van der Waals surface area contributed by atoms with E-state index in [2.05, 4.69) is 10.3 Å². The van der Waals surface area contributed by atoms with E-state index in [1.807, 2.05) is 0 Å². The first-order valence-corrected chi connectivity index (χ1v) is 7.67. The molecule has 1 aliphatic heterocycles. The van der Waals surface area contributed by atoms with Gasteiger partial charge in [0.2, 0.25) is 11.8 Å². The monoisotopic (exact) mass is 336 g/mol. The summed E-state index contributed by atoms with van der Waals surface area (Å²) in [5, 5.41) is 13.5. The molecule has 1 aromatic carbocycles. The Hall–Kier alpha value is -2.42. The fourth-order valence-corrected chi connectivity index (χ4v) is 3.26. The van der Waals surface area contributed by atoms with Gasteiger partial charge in [-0.05, 0) is 13.0 Å². The summed E-state index contributed by atoms with van der Waals surface area (Å²) in [5.74, 6) is -0.555. The van der Waals surface area contributed by atoms with Crippen molar-refractivity contribution in [1.82, 2.24) is 4.90 Å². The molecule has 0 unspecified atom stereocenters. The Kier molecular flexibility index (Phi) is 4.99. The maximum Gasteiger partial charge on any atom is 0.274 e. The predicted molar refractivity (Wildman–Crippen MR) is 88.6 cm³/mol. The minimum absolute atomic E-state index is 0.0193. The van der Waals surface area contributed by atoms with Gasteiger partial charge in [-0.3, -0.25) is 29.6 Å². The molecule has 1 atom stereocenters. The zero-order valence-corrected chi connectivity index (χ0v) is 13.7. The van der Waals surface area contributed by atoms with Gasteiger partial charge in [0.05, 0.1) is 4.92 Å². The van der Waals surface area contributed by atoms with Crippen molar-refractivity contribution in [2.24, 2.45) is 4.99 Å². The number of benzene rings is 1. The number of hydrogen-bond donors (Lipinski definition) is 1. The Morgan fingerprint density at radius 1 is 1.52 bits per heavy atom. The zero-order chi connectivity index (χ0) is 17.1. The van der Waals surface area contributed by atoms with Gasteiger partial charge in [-0.25, -0.2) is 0 Å². The smallest absolute Gasteiger partial charge is 0.274 e. The van der Waals surface area contributed by atoms with E-state index in [1.165, 1.54) is 22.7 Å². The second-order valence-corrected chi connectivity index (χ2v) is 6.19. The van der Waals surface area contributed by atoms with E-state index in [0.717, 1.165) is 0 Å². The molecule has 0 spiro atoms. The summed E-state index contributed by atoms with van der Waals surface area (Å²) in [6, 6.07) is 4.47. The maximum atomic E-state index is 12.1. The molecule has 0 aliphatic carbocycles. The first kappa shape index (κ1) is 16.9.